The zero-order valence-corrected chi connectivity index (χ0v) is 12.5. The maximum absolute atomic E-state index is 12.3. The van der Waals surface area contributed by atoms with Crippen LogP contribution in [0.3, 0.4) is 0 Å². The minimum atomic E-state index is -0.492. The summed E-state index contributed by atoms with van der Waals surface area (Å²) in [5.41, 5.74) is 8.31. The van der Waals surface area contributed by atoms with Gasteiger partial charge in [-0.1, -0.05) is 25.1 Å². The Labute approximate surface area is 125 Å². The van der Waals surface area contributed by atoms with Crippen LogP contribution in [-0.4, -0.2) is 22.5 Å². The molecule has 4 nitrogen and oxygen atoms in total. The van der Waals surface area contributed by atoms with E-state index < -0.39 is 6.04 Å². The van der Waals surface area contributed by atoms with Gasteiger partial charge in [-0.2, -0.15) is 0 Å². The van der Waals surface area contributed by atoms with Gasteiger partial charge in [0.05, 0.1) is 6.04 Å². The third kappa shape index (κ3) is 2.68. The lowest BCUT2D eigenvalue weighted by atomic mass is 9.74. The van der Waals surface area contributed by atoms with E-state index in [1.54, 1.807) is 0 Å². The number of hydrogen-bond acceptors (Lipinski definition) is 2. The molecule has 1 saturated carbocycles. The lowest BCUT2D eigenvalue weighted by Crippen LogP contribution is -2.57. The third-order valence-corrected chi connectivity index (χ3v) is 4.83. The fourth-order valence-electron chi connectivity index (χ4n) is 3.15. The molecule has 112 valence electrons. The van der Waals surface area contributed by atoms with Gasteiger partial charge in [-0.05, 0) is 43.7 Å². The largest absolute Gasteiger partial charge is 0.361 e. The van der Waals surface area contributed by atoms with Crippen LogP contribution in [0.25, 0.3) is 10.9 Å². The number of nitrogens with one attached hydrogen (secondary N) is 2. The number of fused-ring (bicyclic) bond motifs is 1. The minimum Gasteiger partial charge on any atom is -0.361 e. The van der Waals surface area contributed by atoms with Gasteiger partial charge in [0.25, 0.3) is 0 Å². The number of rotatable bonds is 5. The molecule has 0 radical (unpaired) electrons. The number of carbonyl (C=O) groups excluding carboxylic acids is 1. The highest BCUT2D eigenvalue weighted by Gasteiger charge is 2.37. The molecule has 1 unspecified atom stereocenters. The molecule has 1 atom stereocenters. The molecule has 21 heavy (non-hydrogen) atoms. The Kier molecular flexibility index (Phi) is 3.72. The molecule has 0 saturated heterocycles. The fraction of sp³-hybridized carbons (Fsp3) is 0.471. The first-order valence-electron chi connectivity index (χ1n) is 7.76. The van der Waals surface area contributed by atoms with Crippen molar-refractivity contribution in [3.8, 4) is 0 Å². The standard InChI is InChI=1S/C17H23N3O/c1-2-17(8-5-9-17)20-16(21)14(18)10-12-11-19-15-7-4-3-6-13(12)15/h3-4,6-7,11,14,19H,2,5,8-10,18H2,1H3,(H,20,21). The molecule has 2 aromatic rings. The molecule has 1 fully saturated rings. The summed E-state index contributed by atoms with van der Waals surface area (Å²) in [5.74, 6) is -0.0261. The summed E-state index contributed by atoms with van der Waals surface area (Å²) in [4.78, 5) is 15.6. The molecular weight excluding hydrogens is 262 g/mol. The van der Waals surface area contributed by atoms with Gasteiger partial charge in [-0.15, -0.1) is 0 Å². The van der Waals surface area contributed by atoms with Gasteiger partial charge >= 0.3 is 0 Å². The van der Waals surface area contributed by atoms with E-state index in [0.29, 0.717) is 6.42 Å². The van der Waals surface area contributed by atoms with Gasteiger partial charge in [-0.25, -0.2) is 0 Å². The topological polar surface area (TPSA) is 70.9 Å². The van der Waals surface area contributed by atoms with E-state index in [1.165, 1.54) is 6.42 Å². The van der Waals surface area contributed by atoms with Crippen LogP contribution in [0, 0.1) is 0 Å². The van der Waals surface area contributed by atoms with E-state index in [4.69, 9.17) is 5.73 Å². The molecule has 1 heterocycles. The lowest BCUT2D eigenvalue weighted by Gasteiger charge is -2.42. The molecule has 1 aliphatic rings. The number of para-hydroxylation sites is 1. The summed E-state index contributed by atoms with van der Waals surface area (Å²) >= 11 is 0. The molecule has 0 aliphatic heterocycles. The van der Waals surface area contributed by atoms with Gasteiger partial charge in [0.2, 0.25) is 5.91 Å². The van der Waals surface area contributed by atoms with Crippen molar-refractivity contribution in [2.75, 3.05) is 0 Å². The summed E-state index contributed by atoms with van der Waals surface area (Å²) in [6.45, 7) is 2.13. The molecule has 1 aromatic heterocycles. The van der Waals surface area contributed by atoms with Gasteiger partial charge in [-0.3, -0.25) is 4.79 Å². The molecule has 0 bridgehead atoms. The highest BCUT2D eigenvalue weighted by molar-refractivity contribution is 5.86. The highest BCUT2D eigenvalue weighted by Crippen LogP contribution is 2.34. The van der Waals surface area contributed by atoms with Crippen molar-refractivity contribution in [3.05, 3.63) is 36.0 Å². The van der Waals surface area contributed by atoms with Crippen molar-refractivity contribution in [2.45, 2.75) is 50.6 Å². The van der Waals surface area contributed by atoms with Gasteiger partial charge in [0.1, 0.15) is 0 Å². The molecule has 0 spiro atoms. The molecule has 4 heteroatoms. The van der Waals surface area contributed by atoms with Crippen LogP contribution < -0.4 is 11.1 Å². The van der Waals surface area contributed by atoms with E-state index in [0.717, 1.165) is 35.7 Å². The molecule has 1 aliphatic carbocycles. The average molecular weight is 285 g/mol. The molecule has 3 rings (SSSR count). The minimum absolute atomic E-state index is 0.00885. The van der Waals surface area contributed by atoms with Crippen molar-refractivity contribution in [2.24, 2.45) is 5.73 Å². The molecule has 4 N–H and O–H groups in total. The quantitative estimate of drug-likeness (QED) is 0.790. The molecule has 1 amide bonds. The van der Waals surface area contributed by atoms with Gasteiger partial charge < -0.3 is 16.0 Å². The number of hydrogen-bond donors (Lipinski definition) is 3. The number of amides is 1. The number of aromatic nitrogens is 1. The number of benzene rings is 1. The first-order valence-corrected chi connectivity index (χ1v) is 7.76. The molecule has 1 aromatic carbocycles. The first-order chi connectivity index (χ1) is 10.1. The van der Waals surface area contributed by atoms with Crippen LogP contribution in [0.2, 0.25) is 0 Å². The Balaban J connectivity index is 1.68. The van der Waals surface area contributed by atoms with Crippen LogP contribution in [0.5, 0.6) is 0 Å². The van der Waals surface area contributed by atoms with Crippen LogP contribution >= 0.6 is 0 Å². The van der Waals surface area contributed by atoms with Gasteiger partial charge in [0, 0.05) is 22.6 Å². The monoisotopic (exact) mass is 285 g/mol. The second-order valence-electron chi connectivity index (χ2n) is 6.15. The smallest absolute Gasteiger partial charge is 0.237 e. The van der Waals surface area contributed by atoms with Crippen molar-refractivity contribution in [3.63, 3.8) is 0 Å². The summed E-state index contributed by atoms with van der Waals surface area (Å²) < 4.78 is 0. The maximum atomic E-state index is 12.3. The fourth-order valence-corrected chi connectivity index (χ4v) is 3.15. The highest BCUT2D eigenvalue weighted by atomic mass is 16.2. The average Bonchev–Trinajstić information content (AvgIpc) is 2.86. The van der Waals surface area contributed by atoms with Crippen LogP contribution in [0.15, 0.2) is 30.5 Å². The first kappa shape index (κ1) is 14.1. The summed E-state index contributed by atoms with van der Waals surface area (Å²) in [6, 6.07) is 7.60. The lowest BCUT2D eigenvalue weighted by molar-refractivity contribution is -0.125. The van der Waals surface area contributed by atoms with Crippen molar-refractivity contribution in [1.29, 1.82) is 0 Å². The van der Waals surface area contributed by atoms with E-state index in [9.17, 15) is 4.79 Å². The summed E-state index contributed by atoms with van der Waals surface area (Å²) in [6.07, 6.45) is 6.86. The van der Waals surface area contributed by atoms with E-state index in [2.05, 4.69) is 23.3 Å². The number of H-pyrrole nitrogens is 1. The number of carbonyl (C=O) groups is 1. The third-order valence-electron chi connectivity index (χ3n) is 4.83. The van der Waals surface area contributed by atoms with Crippen LogP contribution in [0.4, 0.5) is 0 Å². The molecular formula is C17H23N3O. The Morgan fingerprint density at radius 3 is 2.86 bits per heavy atom. The van der Waals surface area contributed by atoms with E-state index in [-0.39, 0.29) is 11.4 Å². The van der Waals surface area contributed by atoms with Crippen molar-refractivity contribution >= 4 is 16.8 Å². The normalized spacial score (nSPS) is 18.2. The van der Waals surface area contributed by atoms with Crippen molar-refractivity contribution < 1.29 is 4.79 Å². The number of aromatic amines is 1. The Morgan fingerprint density at radius 2 is 2.19 bits per heavy atom. The maximum Gasteiger partial charge on any atom is 0.237 e. The predicted molar refractivity (Wildman–Crippen MR) is 85.0 cm³/mol. The van der Waals surface area contributed by atoms with Crippen LogP contribution in [0.1, 0.15) is 38.2 Å². The summed E-state index contributed by atoms with van der Waals surface area (Å²) in [7, 11) is 0. The van der Waals surface area contributed by atoms with Crippen molar-refractivity contribution in [1.82, 2.24) is 10.3 Å². The second-order valence-corrected chi connectivity index (χ2v) is 6.15. The zero-order valence-electron chi connectivity index (χ0n) is 12.5. The van der Waals surface area contributed by atoms with Crippen LogP contribution in [-0.2, 0) is 11.2 Å². The number of nitrogens with two attached hydrogens (primary N) is 1. The second kappa shape index (κ2) is 5.53. The SMILES string of the molecule is CCC1(NC(=O)C(N)Cc2c[nH]c3ccccc23)CCC1. The Morgan fingerprint density at radius 1 is 1.43 bits per heavy atom. The zero-order chi connectivity index (χ0) is 14.9. The Bertz CT molecular complexity index is 637. The summed E-state index contributed by atoms with van der Waals surface area (Å²) in [5, 5.41) is 4.31. The van der Waals surface area contributed by atoms with E-state index in [1.807, 2.05) is 24.4 Å². The van der Waals surface area contributed by atoms with E-state index >= 15 is 0 Å². The Hall–Kier alpha value is -1.81. The predicted octanol–water partition coefficient (Wildman–Crippen LogP) is 2.49. The van der Waals surface area contributed by atoms with Gasteiger partial charge in [0.15, 0.2) is 0 Å².